The summed E-state index contributed by atoms with van der Waals surface area (Å²) in [6, 6.07) is 9.15. The number of benzene rings is 1. The van der Waals surface area contributed by atoms with Gasteiger partial charge in [-0.25, -0.2) is 4.79 Å². The van der Waals surface area contributed by atoms with Gasteiger partial charge < -0.3 is 10.1 Å². The number of nitrogens with zero attached hydrogens (tertiary/aromatic N) is 2. The van der Waals surface area contributed by atoms with Gasteiger partial charge in [0.2, 0.25) is 0 Å². The summed E-state index contributed by atoms with van der Waals surface area (Å²) in [7, 11) is 1.52. The first-order valence-electron chi connectivity index (χ1n) is 7.59. The molecule has 6 nitrogen and oxygen atoms in total. The van der Waals surface area contributed by atoms with Crippen molar-refractivity contribution in [1.29, 1.82) is 0 Å². The number of likely N-dealkylation sites (N-methyl/N-ethyl adjacent to an activating group) is 1. The van der Waals surface area contributed by atoms with Crippen molar-refractivity contribution in [3.63, 3.8) is 0 Å². The van der Waals surface area contributed by atoms with Crippen LogP contribution in [-0.2, 0) is 15.1 Å². The topological polar surface area (TPSA) is 61.9 Å². The molecule has 0 aromatic heterocycles. The molecule has 2 aliphatic heterocycles. The molecular weight excluding hydrogens is 282 g/mol. The molecule has 0 spiro atoms. The fourth-order valence-corrected chi connectivity index (χ4v) is 3.08. The van der Waals surface area contributed by atoms with Crippen LogP contribution in [0.25, 0.3) is 0 Å². The van der Waals surface area contributed by atoms with Crippen molar-refractivity contribution in [3.05, 3.63) is 35.9 Å². The largest absolute Gasteiger partial charge is 0.379 e. The first-order chi connectivity index (χ1) is 10.6. The van der Waals surface area contributed by atoms with Crippen molar-refractivity contribution in [2.45, 2.75) is 12.0 Å². The third kappa shape index (κ3) is 2.60. The minimum Gasteiger partial charge on any atom is -0.379 e. The number of amides is 3. The number of urea groups is 1. The van der Waals surface area contributed by atoms with E-state index in [0.29, 0.717) is 6.42 Å². The molecule has 0 aliphatic carbocycles. The zero-order chi connectivity index (χ0) is 15.6. The average molecular weight is 303 g/mol. The van der Waals surface area contributed by atoms with Crippen molar-refractivity contribution >= 4 is 11.9 Å². The van der Waals surface area contributed by atoms with Crippen LogP contribution in [-0.4, -0.2) is 61.6 Å². The van der Waals surface area contributed by atoms with Crippen LogP contribution in [0.1, 0.15) is 12.0 Å². The van der Waals surface area contributed by atoms with E-state index in [9.17, 15) is 9.59 Å². The highest BCUT2D eigenvalue weighted by atomic mass is 16.5. The minimum absolute atomic E-state index is 0.183. The van der Waals surface area contributed by atoms with Gasteiger partial charge in [0.25, 0.3) is 5.91 Å². The predicted molar refractivity (Wildman–Crippen MR) is 81.3 cm³/mol. The predicted octanol–water partition coefficient (Wildman–Crippen LogP) is 0.786. The molecule has 6 heteroatoms. The smallest absolute Gasteiger partial charge is 0.325 e. The highest BCUT2D eigenvalue weighted by molar-refractivity contribution is 6.07. The van der Waals surface area contributed by atoms with Crippen LogP contribution in [0.15, 0.2) is 30.3 Å². The zero-order valence-corrected chi connectivity index (χ0v) is 12.7. The Morgan fingerprint density at radius 1 is 1.18 bits per heavy atom. The van der Waals surface area contributed by atoms with Crippen molar-refractivity contribution in [2.75, 3.05) is 39.9 Å². The number of imide groups is 1. The summed E-state index contributed by atoms with van der Waals surface area (Å²) >= 11 is 0. The van der Waals surface area contributed by atoms with Crippen LogP contribution in [0.5, 0.6) is 0 Å². The van der Waals surface area contributed by atoms with Gasteiger partial charge in [-0.05, 0) is 12.0 Å². The number of hydrogen-bond acceptors (Lipinski definition) is 4. The van der Waals surface area contributed by atoms with Gasteiger partial charge in [-0.3, -0.25) is 14.6 Å². The van der Waals surface area contributed by atoms with Crippen LogP contribution in [0.2, 0.25) is 0 Å². The van der Waals surface area contributed by atoms with E-state index < -0.39 is 5.54 Å². The Labute approximate surface area is 130 Å². The molecular formula is C16H21N3O3. The maximum absolute atomic E-state index is 12.7. The Hall–Kier alpha value is -1.92. The van der Waals surface area contributed by atoms with E-state index in [-0.39, 0.29) is 11.9 Å². The third-order valence-electron chi connectivity index (χ3n) is 4.47. The van der Waals surface area contributed by atoms with Crippen LogP contribution in [0.4, 0.5) is 4.79 Å². The lowest BCUT2D eigenvalue weighted by molar-refractivity contribution is -0.131. The number of carbonyl (C=O) groups is 2. The molecule has 3 amide bonds. The molecule has 0 unspecified atom stereocenters. The first kappa shape index (κ1) is 15.0. The minimum atomic E-state index is -0.953. The molecule has 2 fully saturated rings. The lowest BCUT2D eigenvalue weighted by atomic mass is 9.86. The van der Waals surface area contributed by atoms with Crippen LogP contribution in [0, 0.1) is 0 Å². The van der Waals surface area contributed by atoms with Crippen molar-refractivity contribution < 1.29 is 14.3 Å². The summed E-state index contributed by atoms with van der Waals surface area (Å²) in [6.45, 7) is 3.92. The van der Waals surface area contributed by atoms with E-state index in [4.69, 9.17) is 4.74 Å². The standard InChI is InChI=1S/C16H21N3O3/c1-18-14(20)16(17-15(18)21,13-5-3-2-4-6-13)7-8-19-9-11-22-12-10-19/h2-6H,7-12H2,1H3,(H,17,21)/t16-/m0/s1. The number of morpholine rings is 1. The van der Waals surface area contributed by atoms with Gasteiger partial charge in [0.05, 0.1) is 13.2 Å². The first-order valence-corrected chi connectivity index (χ1v) is 7.59. The van der Waals surface area contributed by atoms with Gasteiger partial charge in [0.1, 0.15) is 5.54 Å². The SMILES string of the molecule is CN1C(=O)N[C@@](CCN2CCOCC2)(c2ccccc2)C1=O. The molecule has 1 aromatic carbocycles. The van der Waals surface area contributed by atoms with Crippen LogP contribution < -0.4 is 5.32 Å². The monoisotopic (exact) mass is 303 g/mol. The zero-order valence-electron chi connectivity index (χ0n) is 12.7. The second kappa shape index (κ2) is 6.06. The molecule has 3 rings (SSSR count). The molecule has 2 aliphatic rings. The summed E-state index contributed by atoms with van der Waals surface area (Å²) in [6.07, 6.45) is 0.561. The van der Waals surface area contributed by atoms with Gasteiger partial charge in [0, 0.05) is 26.7 Å². The van der Waals surface area contributed by atoms with Crippen molar-refractivity contribution in [3.8, 4) is 0 Å². The quantitative estimate of drug-likeness (QED) is 0.835. The second-order valence-electron chi connectivity index (χ2n) is 5.77. The van der Waals surface area contributed by atoms with E-state index >= 15 is 0 Å². The van der Waals surface area contributed by atoms with Gasteiger partial charge in [0.15, 0.2) is 0 Å². The molecule has 22 heavy (non-hydrogen) atoms. The van der Waals surface area contributed by atoms with Crippen molar-refractivity contribution in [2.24, 2.45) is 0 Å². The average Bonchev–Trinajstić information content (AvgIpc) is 2.80. The second-order valence-corrected chi connectivity index (χ2v) is 5.77. The Balaban J connectivity index is 1.84. The highest BCUT2D eigenvalue weighted by Gasteiger charge is 2.50. The van der Waals surface area contributed by atoms with Gasteiger partial charge in [-0.15, -0.1) is 0 Å². The van der Waals surface area contributed by atoms with E-state index in [1.54, 1.807) is 0 Å². The maximum atomic E-state index is 12.7. The molecule has 118 valence electrons. The van der Waals surface area contributed by atoms with Crippen LogP contribution >= 0.6 is 0 Å². The highest BCUT2D eigenvalue weighted by Crippen LogP contribution is 2.32. The Morgan fingerprint density at radius 2 is 1.86 bits per heavy atom. The summed E-state index contributed by atoms with van der Waals surface area (Å²) in [4.78, 5) is 28.1. The molecule has 0 saturated carbocycles. The fraction of sp³-hybridized carbons (Fsp3) is 0.500. The lowest BCUT2D eigenvalue weighted by Gasteiger charge is -2.32. The fourth-order valence-electron chi connectivity index (χ4n) is 3.08. The molecule has 0 radical (unpaired) electrons. The van der Waals surface area contributed by atoms with Gasteiger partial charge in [-0.1, -0.05) is 30.3 Å². The third-order valence-corrected chi connectivity index (χ3v) is 4.47. The normalized spacial score (nSPS) is 26.3. The maximum Gasteiger partial charge on any atom is 0.325 e. The summed E-state index contributed by atoms with van der Waals surface area (Å²) in [5, 5.41) is 2.90. The van der Waals surface area contributed by atoms with Gasteiger partial charge in [-0.2, -0.15) is 0 Å². The molecule has 1 aromatic rings. The summed E-state index contributed by atoms with van der Waals surface area (Å²) < 4.78 is 5.35. The number of ether oxygens (including phenoxy) is 1. The summed E-state index contributed by atoms with van der Waals surface area (Å²) in [5.74, 6) is -0.183. The lowest BCUT2D eigenvalue weighted by Crippen LogP contribution is -2.47. The van der Waals surface area contributed by atoms with Gasteiger partial charge >= 0.3 is 6.03 Å². The molecule has 1 atom stereocenters. The number of rotatable bonds is 4. The molecule has 2 heterocycles. The van der Waals surface area contributed by atoms with E-state index in [1.807, 2.05) is 30.3 Å². The van der Waals surface area contributed by atoms with E-state index in [0.717, 1.165) is 38.4 Å². The molecule has 2 saturated heterocycles. The number of nitrogens with one attached hydrogen (secondary N) is 1. The van der Waals surface area contributed by atoms with Crippen LogP contribution in [0.3, 0.4) is 0 Å². The van der Waals surface area contributed by atoms with Crippen molar-refractivity contribution in [1.82, 2.24) is 15.1 Å². The molecule has 0 bridgehead atoms. The number of carbonyl (C=O) groups excluding carboxylic acids is 2. The number of hydrogen-bond donors (Lipinski definition) is 1. The Bertz CT molecular complexity index is 557. The Kier molecular flexibility index (Phi) is 4.13. The van der Waals surface area contributed by atoms with E-state index in [2.05, 4.69) is 10.2 Å². The summed E-state index contributed by atoms with van der Waals surface area (Å²) in [5.41, 5.74) is -0.114. The Morgan fingerprint density at radius 3 is 2.45 bits per heavy atom. The van der Waals surface area contributed by atoms with E-state index in [1.165, 1.54) is 11.9 Å². The molecule has 1 N–H and O–H groups in total.